The van der Waals surface area contributed by atoms with Crippen molar-refractivity contribution in [3.05, 3.63) is 0 Å². The number of cyclic esters (lactones) is 1. The largest absolute Gasteiger partial charge is 0.460 e. The molecule has 0 spiro atoms. The molecule has 0 unspecified atom stereocenters. The second-order valence-electron chi connectivity index (χ2n) is 9.24. The van der Waals surface area contributed by atoms with Crippen LogP contribution >= 0.6 is 0 Å². The van der Waals surface area contributed by atoms with E-state index in [4.69, 9.17) is 72.5 Å². The van der Waals surface area contributed by atoms with Gasteiger partial charge in [-0.2, -0.15) is 0 Å². The molecule has 1 fully saturated rings. The van der Waals surface area contributed by atoms with Crippen LogP contribution in [-0.2, 0) is 66.4 Å². The Morgan fingerprint density at radius 2 is 0.891 bits per heavy atom. The van der Waals surface area contributed by atoms with Crippen molar-refractivity contribution in [3.8, 4) is 0 Å². The number of carbonyl (C=O) groups excluding carboxylic acids is 2. The van der Waals surface area contributed by atoms with Gasteiger partial charge in [-0.05, 0) is 0 Å². The van der Waals surface area contributed by atoms with Gasteiger partial charge >= 0.3 is 12.1 Å². The zero-order valence-corrected chi connectivity index (χ0v) is 26.9. The van der Waals surface area contributed by atoms with Gasteiger partial charge in [0.15, 0.2) is 6.10 Å². The number of nitrogens with zero attached hydrogens (tertiary/aromatic N) is 1. The van der Waals surface area contributed by atoms with E-state index in [9.17, 15) is 9.59 Å². The maximum absolute atomic E-state index is 11.6. The van der Waals surface area contributed by atoms with Crippen molar-refractivity contribution in [2.24, 2.45) is 5.84 Å². The third-order valence-corrected chi connectivity index (χ3v) is 5.51. The van der Waals surface area contributed by atoms with E-state index >= 15 is 0 Å². The number of nitrogens with two attached hydrogens (primary N) is 1. The molecule has 18 nitrogen and oxygen atoms in total. The minimum absolute atomic E-state index is 0.0165. The van der Waals surface area contributed by atoms with Gasteiger partial charge < -0.3 is 66.7 Å². The van der Waals surface area contributed by atoms with Gasteiger partial charge in [-0.15, -0.1) is 0 Å². The second-order valence-corrected chi connectivity index (χ2v) is 9.24. The number of hydrazine groups is 1. The van der Waals surface area contributed by atoms with E-state index < -0.39 is 18.2 Å². The van der Waals surface area contributed by atoms with Gasteiger partial charge in [-0.1, -0.05) is 0 Å². The third kappa shape index (κ3) is 28.4. The Labute approximate surface area is 270 Å². The normalized spacial score (nSPS) is 14.7. The third-order valence-electron chi connectivity index (χ3n) is 5.51. The van der Waals surface area contributed by atoms with E-state index in [0.717, 1.165) is 5.01 Å². The van der Waals surface area contributed by atoms with Crippen molar-refractivity contribution < 1.29 is 76.3 Å². The van der Waals surface area contributed by atoms with Gasteiger partial charge in [0.2, 0.25) is 0 Å². The lowest BCUT2D eigenvalue weighted by Gasteiger charge is -2.10. The van der Waals surface area contributed by atoms with Gasteiger partial charge in [0.1, 0.15) is 13.2 Å². The number of amides is 1. The molecule has 46 heavy (non-hydrogen) atoms. The summed E-state index contributed by atoms with van der Waals surface area (Å²) in [7, 11) is 0. The molecule has 1 saturated heterocycles. The highest BCUT2D eigenvalue weighted by molar-refractivity contribution is 5.71. The summed E-state index contributed by atoms with van der Waals surface area (Å²) >= 11 is 0. The van der Waals surface area contributed by atoms with Crippen molar-refractivity contribution in [2.45, 2.75) is 6.10 Å². The number of hydrogen-bond acceptors (Lipinski definition) is 17. The molecule has 1 atom stereocenters. The molecular formula is C28H54N2O16. The Kier molecular flexibility index (Phi) is 30.4. The summed E-state index contributed by atoms with van der Waals surface area (Å²) in [5.41, 5.74) is 0. The molecule has 3 N–H and O–H groups in total. The minimum atomic E-state index is -0.649. The van der Waals surface area contributed by atoms with Crippen molar-refractivity contribution in [1.82, 2.24) is 5.01 Å². The van der Waals surface area contributed by atoms with Crippen LogP contribution in [0.2, 0.25) is 0 Å². The van der Waals surface area contributed by atoms with Crippen LogP contribution in [0.4, 0.5) is 4.79 Å². The maximum atomic E-state index is 11.6. The van der Waals surface area contributed by atoms with Crippen LogP contribution in [0.5, 0.6) is 0 Å². The lowest BCUT2D eigenvalue weighted by Crippen LogP contribution is -2.33. The van der Waals surface area contributed by atoms with Crippen LogP contribution < -0.4 is 5.84 Å². The zero-order valence-electron chi connectivity index (χ0n) is 26.9. The molecule has 1 aliphatic rings. The molecule has 0 bridgehead atoms. The number of esters is 1. The molecule has 0 aromatic carbocycles. The highest BCUT2D eigenvalue weighted by atomic mass is 16.6. The van der Waals surface area contributed by atoms with Crippen molar-refractivity contribution in [3.63, 3.8) is 0 Å². The minimum Gasteiger partial charge on any atom is -0.460 e. The van der Waals surface area contributed by atoms with Crippen molar-refractivity contribution in [1.29, 1.82) is 0 Å². The Hall–Kier alpha value is -1.78. The van der Waals surface area contributed by atoms with E-state index in [1.165, 1.54) is 0 Å². The average Bonchev–Trinajstić information content (AvgIpc) is 3.38. The average molecular weight is 675 g/mol. The molecule has 0 saturated carbocycles. The molecule has 1 aliphatic heterocycles. The Morgan fingerprint density at radius 1 is 0.587 bits per heavy atom. The predicted molar refractivity (Wildman–Crippen MR) is 158 cm³/mol. The molecule has 1 amide bonds. The van der Waals surface area contributed by atoms with Gasteiger partial charge in [-0.25, -0.2) is 20.4 Å². The fourth-order valence-electron chi connectivity index (χ4n) is 3.27. The molecule has 0 aromatic rings. The maximum Gasteiger partial charge on any atom is 0.424 e. The first kappa shape index (κ1) is 42.2. The fraction of sp³-hybridized carbons (Fsp3) is 0.929. The molecule has 0 aromatic heterocycles. The van der Waals surface area contributed by atoms with E-state index in [1.54, 1.807) is 0 Å². The summed E-state index contributed by atoms with van der Waals surface area (Å²) in [6, 6.07) is 0. The first-order chi connectivity index (χ1) is 22.6. The first-order valence-electron chi connectivity index (χ1n) is 15.5. The van der Waals surface area contributed by atoms with Gasteiger partial charge in [-0.3, -0.25) is 0 Å². The summed E-state index contributed by atoms with van der Waals surface area (Å²) in [6.45, 7) is 9.12. The van der Waals surface area contributed by atoms with Crippen LogP contribution in [-0.4, -0.2) is 193 Å². The highest BCUT2D eigenvalue weighted by Crippen LogP contribution is 2.07. The molecule has 1 heterocycles. The number of hydrogen-bond donors (Lipinski definition) is 2. The van der Waals surface area contributed by atoms with Gasteiger partial charge in [0, 0.05) is 0 Å². The monoisotopic (exact) mass is 674 g/mol. The molecule has 0 radical (unpaired) electrons. The molecule has 0 aliphatic carbocycles. The van der Waals surface area contributed by atoms with E-state index in [0.29, 0.717) is 132 Å². The fourth-order valence-corrected chi connectivity index (χ4v) is 3.27. The van der Waals surface area contributed by atoms with Crippen LogP contribution in [0.3, 0.4) is 0 Å². The Morgan fingerprint density at radius 3 is 1.17 bits per heavy atom. The number of ether oxygens (including phenoxy) is 13. The topological polar surface area (TPSA) is 204 Å². The van der Waals surface area contributed by atoms with E-state index in [-0.39, 0.29) is 33.0 Å². The van der Waals surface area contributed by atoms with Crippen LogP contribution in [0.1, 0.15) is 0 Å². The molecular weight excluding hydrogens is 620 g/mol. The standard InChI is InChI=1S/C28H54N2O16/c29-30-23-26(46-28(30)33)24-45-27(32)25-44-22-21-43-20-19-42-18-17-41-16-15-40-14-13-39-12-11-38-10-9-37-8-7-36-6-5-35-4-3-34-2-1-31/h26,31H,1-25,29H2/t26-/m0/s1. The Balaban J connectivity index is 1.64. The summed E-state index contributed by atoms with van der Waals surface area (Å²) in [5.74, 6) is 4.80. The molecule has 272 valence electrons. The molecule has 1 rings (SSSR count). The highest BCUT2D eigenvalue weighted by Gasteiger charge is 2.30. The number of rotatable bonds is 36. The number of aliphatic hydroxyl groups is 1. The lowest BCUT2D eigenvalue weighted by molar-refractivity contribution is -0.151. The summed E-state index contributed by atoms with van der Waals surface area (Å²) < 4.78 is 68.8. The smallest absolute Gasteiger partial charge is 0.424 e. The quantitative estimate of drug-likeness (QED) is 0.0332. The summed E-state index contributed by atoms with van der Waals surface area (Å²) in [5, 5.41) is 9.49. The first-order valence-corrected chi connectivity index (χ1v) is 15.5. The SMILES string of the molecule is NN1C[C@@H](COC(=O)COCCOCCOCCOCCOCCOCCOCCOCCOCCOCCOCCO)OC1=O. The van der Waals surface area contributed by atoms with Gasteiger partial charge in [0.25, 0.3) is 0 Å². The van der Waals surface area contributed by atoms with Crippen molar-refractivity contribution in [2.75, 3.05) is 165 Å². The van der Waals surface area contributed by atoms with Crippen LogP contribution in [0, 0.1) is 0 Å². The van der Waals surface area contributed by atoms with Gasteiger partial charge in [0.05, 0.1) is 152 Å². The summed E-state index contributed by atoms with van der Waals surface area (Å²) in [6.07, 6.45) is -1.22. The van der Waals surface area contributed by atoms with Crippen LogP contribution in [0.15, 0.2) is 0 Å². The zero-order chi connectivity index (χ0) is 33.2. The predicted octanol–water partition coefficient (Wildman–Crippen LogP) is -1.60. The van der Waals surface area contributed by atoms with Crippen LogP contribution in [0.25, 0.3) is 0 Å². The summed E-state index contributed by atoms with van der Waals surface area (Å²) in [4.78, 5) is 22.7. The van der Waals surface area contributed by atoms with Crippen molar-refractivity contribution >= 4 is 12.1 Å². The van der Waals surface area contributed by atoms with E-state index in [2.05, 4.69) is 0 Å². The molecule has 18 heteroatoms. The Bertz CT molecular complexity index is 696. The number of aliphatic hydroxyl groups excluding tert-OH is 1. The number of carbonyl (C=O) groups is 2. The second kappa shape index (κ2) is 33.1. The van der Waals surface area contributed by atoms with E-state index in [1.807, 2.05) is 0 Å². The lowest BCUT2D eigenvalue weighted by atomic mass is 10.4.